The fraction of sp³-hybridized carbons (Fsp3) is 0.200. The molecule has 0 saturated carbocycles. The Morgan fingerprint density at radius 1 is 0.816 bits per heavy atom. The van der Waals surface area contributed by atoms with Gasteiger partial charge in [0.2, 0.25) is 0 Å². The average molecular weight is 522 g/mol. The van der Waals surface area contributed by atoms with E-state index < -0.39 is 12.1 Å². The molecule has 3 aromatic rings. The second-order valence-electron chi connectivity index (χ2n) is 8.70. The largest absolute Gasteiger partial charge is 0.485 e. The van der Waals surface area contributed by atoms with Crippen LogP contribution in [0.1, 0.15) is 28.7 Å². The second kappa shape index (κ2) is 12.3. The Bertz CT molecular complexity index is 1320. The molecule has 3 aromatic carbocycles. The summed E-state index contributed by atoms with van der Waals surface area (Å²) in [5, 5.41) is 0. The predicted molar refractivity (Wildman–Crippen MR) is 137 cm³/mol. The van der Waals surface area contributed by atoms with Gasteiger partial charge in [-0.2, -0.15) is 13.2 Å². The molecular weight excluding hydrogens is 495 g/mol. The molecule has 4 rings (SSSR count). The van der Waals surface area contributed by atoms with Gasteiger partial charge in [0.15, 0.2) is 17.3 Å². The Hall–Kier alpha value is -4.33. The van der Waals surface area contributed by atoms with E-state index in [0.29, 0.717) is 22.6 Å². The molecule has 0 N–H and O–H groups in total. The summed E-state index contributed by atoms with van der Waals surface area (Å²) in [4.78, 5) is 25.2. The zero-order chi connectivity index (χ0) is 27.0. The molecule has 0 aromatic heterocycles. The van der Waals surface area contributed by atoms with Gasteiger partial charge in [0.05, 0.1) is 0 Å². The molecule has 0 spiro atoms. The minimum atomic E-state index is -5.03. The zero-order valence-corrected chi connectivity index (χ0v) is 20.5. The first-order valence-corrected chi connectivity index (χ1v) is 12.0. The lowest BCUT2D eigenvalue weighted by atomic mass is 10.0. The third-order valence-electron chi connectivity index (χ3n) is 5.85. The van der Waals surface area contributed by atoms with Crippen molar-refractivity contribution >= 4 is 17.8 Å². The Balaban J connectivity index is 1.73. The van der Waals surface area contributed by atoms with E-state index in [2.05, 4.69) is 0 Å². The molecular formula is C30H26F3NO4. The number of amides is 1. The standard InChI is InChI=1S/C30H26F3NO4/c31-30(32,33)29(36)34-16-8-7-13-26(35)15-14-24-17-27(37-20-22-9-3-1-4-10-22)28(18-25(24)19-34)38-21-23-11-5-2-6-12-23/h1-7,9-15,17-18H,8,16,19-21H2/b13-7-,15-14?. The van der Waals surface area contributed by atoms with E-state index in [-0.39, 0.29) is 38.5 Å². The number of alkyl halides is 3. The minimum absolute atomic E-state index is 0.104. The maximum atomic E-state index is 13.4. The van der Waals surface area contributed by atoms with Gasteiger partial charge in [0.25, 0.3) is 0 Å². The summed E-state index contributed by atoms with van der Waals surface area (Å²) in [6.07, 6.45) is 0.666. The predicted octanol–water partition coefficient (Wildman–Crippen LogP) is 6.28. The van der Waals surface area contributed by atoms with Crippen LogP contribution in [0.2, 0.25) is 0 Å². The summed E-state index contributed by atoms with van der Waals surface area (Å²) < 4.78 is 52.2. The van der Waals surface area contributed by atoms with Crippen LogP contribution in [0.25, 0.3) is 6.08 Å². The first kappa shape index (κ1) is 26.7. The summed E-state index contributed by atoms with van der Waals surface area (Å²) in [5.74, 6) is -1.58. The third-order valence-corrected chi connectivity index (χ3v) is 5.85. The van der Waals surface area contributed by atoms with E-state index in [0.717, 1.165) is 16.0 Å². The molecule has 1 heterocycles. The van der Waals surface area contributed by atoms with Crippen molar-refractivity contribution < 1.29 is 32.2 Å². The van der Waals surface area contributed by atoms with E-state index in [1.807, 2.05) is 60.7 Å². The fourth-order valence-electron chi connectivity index (χ4n) is 3.90. The van der Waals surface area contributed by atoms with Gasteiger partial charge in [-0.25, -0.2) is 0 Å². The number of allylic oxidation sites excluding steroid dienone is 2. The highest BCUT2D eigenvalue weighted by molar-refractivity contribution is 6.02. The van der Waals surface area contributed by atoms with Crippen molar-refractivity contribution in [1.29, 1.82) is 0 Å². The molecule has 8 heteroatoms. The van der Waals surface area contributed by atoms with Gasteiger partial charge in [0, 0.05) is 13.1 Å². The van der Waals surface area contributed by atoms with Gasteiger partial charge in [-0.15, -0.1) is 0 Å². The van der Waals surface area contributed by atoms with Crippen LogP contribution >= 0.6 is 0 Å². The van der Waals surface area contributed by atoms with E-state index in [1.165, 1.54) is 24.3 Å². The van der Waals surface area contributed by atoms with Crippen LogP contribution < -0.4 is 9.47 Å². The van der Waals surface area contributed by atoms with Gasteiger partial charge in [-0.1, -0.05) is 72.8 Å². The van der Waals surface area contributed by atoms with Crippen LogP contribution in [0.5, 0.6) is 11.5 Å². The van der Waals surface area contributed by atoms with Crippen molar-refractivity contribution in [2.75, 3.05) is 6.54 Å². The molecule has 1 aliphatic rings. The van der Waals surface area contributed by atoms with Crippen molar-refractivity contribution in [1.82, 2.24) is 4.90 Å². The fourth-order valence-corrected chi connectivity index (χ4v) is 3.90. The number of fused-ring (bicyclic) bond motifs is 1. The molecule has 0 atom stereocenters. The average Bonchev–Trinajstić information content (AvgIpc) is 2.95. The third kappa shape index (κ3) is 7.35. The van der Waals surface area contributed by atoms with Crippen molar-refractivity contribution in [3.05, 3.63) is 113 Å². The molecule has 0 radical (unpaired) electrons. The molecule has 0 saturated heterocycles. The first-order chi connectivity index (χ1) is 18.3. The Morgan fingerprint density at radius 2 is 1.39 bits per heavy atom. The SMILES string of the molecule is O=C1C=Cc2cc(OCc3ccccc3)c(OCc3ccccc3)cc2CN(C(=O)C(F)(F)F)CC/C=C\1. The smallest absolute Gasteiger partial charge is 0.471 e. The van der Waals surface area contributed by atoms with Crippen LogP contribution in [0.3, 0.4) is 0 Å². The van der Waals surface area contributed by atoms with E-state index >= 15 is 0 Å². The van der Waals surface area contributed by atoms with Gasteiger partial charge in [-0.3, -0.25) is 9.59 Å². The summed E-state index contributed by atoms with van der Waals surface area (Å²) in [7, 11) is 0. The summed E-state index contributed by atoms with van der Waals surface area (Å²) in [6.45, 7) is -0.0924. The van der Waals surface area contributed by atoms with Crippen molar-refractivity contribution in [3.8, 4) is 11.5 Å². The maximum Gasteiger partial charge on any atom is 0.471 e. The monoisotopic (exact) mass is 521 g/mol. The number of benzene rings is 3. The van der Waals surface area contributed by atoms with E-state index in [1.54, 1.807) is 12.1 Å². The number of ketones is 1. The quantitative estimate of drug-likeness (QED) is 0.383. The van der Waals surface area contributed by atoms with Crippen molar-refractivity contribution in [2.24, 2.45) is 0 Å². The molecule has 0 unspecified atom stereocenters. The number of ether oxygens (including phenoxy) is 2. The summed E-state index contributed by atoms with van der Waals surface area (Å²) >= 11 is 0. The number of halogens is 3. The Labute approximate surface area is 218 Å². The molecule has 1 aliphatic heterocycles. The molecule has 0 aliphatic carbocycles. The van der Waals surface area contributed by atoms with Gasteiger partial charge in [0.1, 0.15) is 13.2 Å². The molecule has 38 heavy (non-hydrogen) atoms. The molecule has 1 amide bonds. The van der Waals surface area contributed by atoms with Crippen LogP contribution in [-0.2, 0) is 29.3 Å². The Kier molecular flexibility index (Phi) is 8.63. The summed E-state index contributed by atoms with van der Waals surface area (Å²) in [6, 6.07) is 22.1. The van der Waals surface area contributed by atoms with E-state index in [4.69, 9.17) is 9.47 Å². The lowest BCUT2D eigenvalue weighted by molar-refractivity contribution is -0.186. The first-order valence-electron chi connectivity index (χ1n) is 12.0. The molecule has 0 fully saturated rings. The number of hydrogen-bond acceptors (Lipinski definition) is 4. The highest BCUT2D eigenvalue weighted by Crippen LogP contribution is 2.34. The van der Waals surface area contributed by atoms with Gasteiger partial charge in [-0.05, 0) is 53.0 Å². The maximum absolute atomic E-state index is 13.4. The minimum Gasteiger partial charge on any atom is -0.485 e. The van der Waals surface area contributed by atoms with Crippen LogP contribution in [0.4, 0.5) is 13.2 Å². The lowest BCUT2D eigenvalue weighted by Gasteiger charge is -2.25. The lowest BCUT2D eigenvalue weighted by Crippen LogP contribution is -2.41. The van der Waals surface area contributed by atoms with Gasteiger partial charge < -0.3 is 14.4 Å². The number of carbonyl (C=O) groups excluding carboxylic acids is 2. The zero-order valence-electron chi connectivity index (χ0n) is 20.5. The van der Waals surface area contributed by atoms with Gasteiger partial charge >= 0.3 is 12.1 Å². The molecule has 5 nitrogen and oxygen atoms in total. The number of carbonyl (C=O) groups is 2. The second-order valence-corrected chi connectivity index (χ2v) is 8.70. The molecule has 0 bridgehead atoms. The summed E-state index contributed by atoms with van der Waals surface area (Å²) in [5.41, 5.74) is 2.65. The topological polar surface area (TPSA) is 55.8 Å². The number of rotatable bonds is 6. The van der Waals surface area contributed by atoms with Crippen LogP contribution in [0, 0.1) is 0 Å². The number of nitrogens with zero attached hydrogens (tertiary/aromatic N) is 1. The Morgan fingerprint density at radius 3 is 1.97 bits per heavy atom. The van der Waals surface area contributed by atoms with Crippen LogP contribution in [0.15, 0.2) is 91.0 Å². The van der Waals surface area contributed by atoms with Crippen LogP contribution in [-0.4, -0.2) is 29.3 Å². The molecule has 196 valence electrons. The van der Waals surface area contributed by atoms with Crippen molar-refractivity contribution in [2.45, 2.75) is 32.4 Å². The normalized spacial score (nSPS) is 14.8. The highest BCUT2D eigenvalue weighted by atomic mass is 19.4. The number of hydrogen-bond donors (Lipinski definition) is 0. The van der Waals surface area contributed by atoms with E-state index in [9.17, 15) is 22.8 Å². The van der Waals surface area contributed by atoms with Crippen molar-refractivity contribution in [3.63, 3.8) is 0 Å². The highest BCUT2D eigenvalue weighted by Gasteiger charge is 2.42.